The maximum Gasteiger partial charge on any atom is 0.241 e. The highest BCUT2D eigenvalue weighted by atomic mass is 35.5. The predicted molar refractivity (Wildman–Crippen MR) is 71.1 cm³/mol. The molecule has 1 aromatic rings. The molecule has 100 valence electrons. The lowest BCUT2D eigenvalue weighted by molar-refractivity contribution is -0.117. The van der Waals surface area contributed by atoms with Gasteiger partial charge in [0.1, 0.15) is 5.75 Å². The lowest BCUT2D eigenvalue weighted by Crippen LogP contribution is -2.36. The number of hydrogen-bond donors (Lipinski definition) is 2. The van der Waals surface area contributed by atoms with Crippen molar-refractivity contribution >= 4 is 23.2 Å². The Hall–Kier alpha value is -1.30. The molecular weight excluding hydrogens is 256 g/mol. The number of halogens is 1. The summed E-state index contributed by atoms with van der Waals surface area (Å²) < 4.78 is 9.99. The van der Waals surface area contributed by atoms with Crippen LogP contribution in [0.15, 0.2) is 18.2 Å². The molecule has 1 rings (SSSR count). The number of amides is 1. The van der Waals surface area contributed by atoms with Crippen LogP contribution in [0.25, 0.3) is 0 Å². The van der Waals surface area contributed by atoms with E-state index >= 15 is 0 Å². The average molecular weight is 273 g/mol. The second-order valence-electron chi connectivity index (χ2n) is 3.72. The highest BCUT2D eigenvalue weighted by Gasteiger charge is 2.15. The Morgan fingerprint density at radius 3 is 2.83 bits per heavy atom. The zero-order valence-electron chi connectivity index (χ0n) is 10.4. The Bertz CT molecular complexity index is 412. The van der Waals surface area contributed by atoms with Crippen molar-refractivity contribution in [2.45, 2.75) is 12.5 Å². The van der Waals surface area contributed by atoms with Gasteiger partial charge in [0, 0.05) is 18.7 Å². The molecule has 1 unspecified atom stereocenters. The first-order valence-electron chi connectivity index (χ1n) is 5.47. The normalized spacial score (nSPS) is 12.0. The SMILES string of the molecule is COCCC(N)C(=O)Nc1cc(Cl)ccc1OC. The van der Waals surface area contributed by atoms with Gasteiger partial charge in [0.2, 0.25) is 5.91 Å². The van der Waals surface area contributed by atoms with E-state index in [9.17, 15) is 4.79 Å². The van der Waals surface area contributed by atoms with Gasteiger partial charge in [-0.05, 0) is 24.6 Å². The summed E-state index contributed by atoms with van der Waals surface area (Å²) in [7, 11) is 3.08. The minimum Gasteiger partial charge on any atom is -0.495 e. The molecule has 0 saturated heterocycles. The van der Waals surface area contributed by atoms with Gasteiger partial charge in [-0.25, -0.2) is 0 Å². The van der Waals surface area contributed by atoms with Crippen molar-refractivity contribution in [2.24, 2.45) is 5.73 Å². The van der Waals surface area contributed by atoms with Crippen LogP contribution >= 0.6 is 11.6 Å². The molecule has 1 aromatic carbocycles. The van der Waals surface area contributed by atoms with Gasteiger partial charge < -0.3 is 20.5 Å². The summed E-state index contributed by atoms with van der Waals surface area (Å²) in [6.07, 6.45) is 0.450. The van der Waals surface area contributed by atoms with E-state index in [1.54, 1.807) is 25.3 Å². The summed E-state index contributed by atoms with van der Waals surface area (Å²) in [4.78, 5) is 11.8. The lowest BCUT2D eigenvalue weighted by Gasteiger charge is -2.14. The van der Waals surface area contributed by atoms with Crippen molar-refractivity contribution in [1.82, 2.24) is 0 Å². The van der Waals surface area contributed by atoms with Crippen LogP contribution in [0.2, 0.25) is 5.02 Å². The molecule has 1 amide bonds. The summed E-state index contributed by atoms with van der Waals surface area (Å²) in [5.74, 6) is 0.235. The number of hydrogen-bond acceptors (Lipinski definition) is 4. The molecule has 0 spiro atoms. The molecule has 0 aliphatic rings. The van der Waals surface area contributed by atoms with Crippen LogP contribution in [-0.4, -0.2) is 32.8 Å². The molecule has 6 heteroatoms. The van der Waals surface area contributed by atoms with Crippen LogP contribution in [0.3, 0.4) is 0 Å². The molecule has 0 fully saturated rings. The summed E-state index contributed by atoms with van der Waals surface area (Å²) in [5, 5.41) is 3.19. The second kappa shape index (κ2) is 7.20. The zero-order valence-corrected chi connectivity index (χ0v) is 11.2. The molecule has 5 nitrogen and oxygen atoms in total. The zero-order chi connectivity index (χ0) is 13.5. The smallest absolute Gasteiger partial charge is 0.241 e. The summed E-state index contributed by atoms with van der Waals surface area (Å²) in [6.45, 7) is 0.432. The van der Waals surface area contributed by atoms with Gasteiger partial charge >= 0.3 is 0 Å². The van der Waals surface area contributed by atoms with Gasteiger partial charge in [0.05, 0.1) is 18.8 Å². The number of anilines is 1. The highest BCUT2D eigenvalue weighted by Crippen LogP contribution is 2.27. The maximum atomic E-state index is 11.8. The first-order chi connectivity index (χ1) is 8.58. The molecular formula is C12H17ClN2O3. The fraction of sp³-hybridized carbons (Fsp3) is 0.417. The Balaban J connectivity index is 2.71. The second-order valence-corrected chi connectivity index (χ2v) is 4.16. The minimum atomic E-state index is -0.631. The fourth-order valence-corrected chi connectivity index (χ4v) is 1.55. The fourth-order valence-electron chi connectivity index (χ4n) is 1.38. The average Bonchev–Trinajstić information content (AvgIpc) is 2.36. The van der Waals surface area contributed by atoms with Crippen molar-refractivity contribution in [2.75, 3.05) is 26.1 Å². The third-order valence-corrected chi connectivity index (χ3v) is 2.62. The number of nitrogens with two attached hydrogens (primary N) is 1. The van der Waals surface area contributed by atoms with Crippen molar-refractivity contribution < 1.29 is 14.3 Å². The van der Waals surface area contributed by atoms with Gasteiger partial charge in [-0.1, -0.05) is 11.6 Å². The van der Waals surface area contributed by atoms with E-state index in [1.165, 1.54) is 7.11 Å². The predicted octanol–water partition coefficient (Wildman–Crippen LogP) is 1.65. The minimum absolute atomic E-state index is 0.299. The Morgan fingerprint density at radius 2 is 2.22 bits per heavy atom. The van der Waals surface area contributed by atoms with Crippen LogP contribution in [0.5, 0.6) is 5.75 Å². The number of carbonyl (C=O) groups is 1. The van der Waals surface area contributed by atoms with Crippen LogP contribution in [0.1, 0.15) is 6.42 Å². The molecule has 3 N–H and O–H groups in total. The summed E-state index contributed by atoms with van der Waals surface area (Å²) in [5.41, 5.74) is 6.22. The Labute approximate surface area is 111 Å². The van der Waals surface area contributed by atoms with Crippen molar-refractivity contribution in [3.63, 3.8) is 0 Å². The number of nitrogens with one attached hydrogen (secondary N) is 1. The molecule has 1 atom stereocenters. The van der Waals surface area contributed by atoms with Gasteiger partial charge in [-0.2, -0.15) is 0 Å². The van der Waals surface area contributed by atoms with E-state index in [-0.39, 0.29) is 5.91 Å². The van der Waals surface area contributed by atoms with E-state index in [1.807, 2.05) is 0 Å². The Morgan fingerprint density at radius 1 is 1.50 bits per heavy atom. The molecule has 0 aliphatic carbocycles. The lowest BCUT2D eigenvalue weighted by atomic mass is 10.2. The monoisotopic (exact) mass is 272 g/mol. The molecule has 0 saturated carbocycles. The topological polar surface area (TPSA) is 73.6 Å². The van der Waals surface area contributed by atoms with Gasteiger partial charge in [-0.15, -0.1) is 0 Å². The third-order valence-electron chi connectivity index (χ3n) is 2.39. The van der Waals surface area contributed by atoms with E-state index in [0.29, 0.717) is 29.5 Å². The van der Waals surface area contributed by atoms with Crippen LogP contribution in [0, 0.1) is 0 Å². The maximum absolute atomic E-state index is 11.8. The van der Waals surface area contributed by atoms with E-state index in [4.69, 9.17) is 26.8 Å². The van der Waals surface area contributed by atoms with E-state index in [2.05, 4.69) is 5.32 Å². The highest BCUT2D eigenvalue weighted by molar-refractivity contribution is 6.31. The molecule has 0 radical (unpaired) electrons. The van der Waals surface area contributed by atoms with Crippen molar-refractivity contribution in [3.05, 3.63) is 23.2 Å². The quantitative estimate of drug-likeness (QED) is 0.826. The number of ether oxygens (including phenoxy) is 2. The van der Waals surface area contributed by atoms with Gasteiger partial charge in [0.15, 0.2) is 0 Å². The largest absolute Gasteiger partial charge is 0.495 e. The van der Waals surface area contributed by atoms with Crippen molar-refractivity contribution in [3.8, 4) is 5.75 Å². The van der Waals surface area contributed by atoms with E-state index in [0.717, 1.165) is 0 Å². The number of carbonyl (C=O) groups excluding carboxylic acids is 1. The third kappa shape index (κ3) is 4.18. The van der Waals surface area contributed by atoms with Crippen LogP contribution < -0.4 is 15.8 Å². The van der Waals surface area contributed by atoms with Crippen molar-refractivity contribution in [1.29, 1.82) is 0 Å². The first-order valence-corrected chi connectivity index (χ1v) is 5.85. The molecule has 0 bridgehead atoms. The standard InChI is InChI=1S/C12H17ClN2O3/c1-17-6-5-9(14)12(16)15-10-7-8(13)3-4-11(10)18-2/h3-4,7,9H,5-6,14H2,1-2H3,(H,15,16). The number of benzene rings is 1. The molecule has 0 aromatic heterocycles. The van der Waals surface area contributed by atoms with Gasteiger partial charge in [0.25, 0.3) is 0 Å². The van der Waals surface area contributed by atoms with Gasteiger partial charge in [-0.3, -0.25) is 4.79 Å². The van der Waals surface area contributed by atoms with Crippen LogP contribution in [-0.2, 0) is 9.53 Å². The molecule has 18 heavy (non-hydrogen) atoms. The van der Waals surface area contributed by atoms with Crippen LogP contribution in [0.4, 0.5) is 5.69 Å². The Kier molecular flexibility index (Phi) is 5.91. The first kappa shape index (κ1) is 14.8. The number of rotatable bonds is 6. The molecule has 0 heterocycles. The summed E-state index contributed by atoms with van der Waals surface area (Å²) >= 11 is 5.86. The van der Waals surface area contributed by atoms with E-state index < -0.39 is 6.04 Å². The molecule has 0 aliphatic heterocycles. The summed E-state index contributed by atoms with van der Waals surface area (Å²) in [6, 6.07) is 4.34. The number of methoxy groups -OCH3 is 2.